The van der Waals surface area contributed by atoms with Gasteiger partial charge in [0.2, 0.25) is 0 Å². The van der Waals surface area contributed by atoms with Crippen molar-refractivity contribution in [1.82, 2.24) is 9.97 Å². The average Bonchev–Trinajstić information content (AvgIpc) is 3.56. The molecule has 1 aromatic heterocycles. The normalized spacial score (nSPS) is 12.8. The second kappa shape index (κ2) is 14.1. The van der Waals surface area contributed by atoms with Crippen LogP contribution in [0.2, 0.25) is 0 Å². The fourth-order valence-electron chi connectivity index (χ4n) is 9.84. The van der Waals surface area contributed by atoms with Gasteiger partial charge in [0.25, 0.3) is 0 Å². The summed E-state index contributed by atoms with van der Waals surface area (Å²) in [5, 5.41) is 7.00. The molecule has 3 heteroatoms. The molecule has 0 N–H and O–H groups in total. The highest BCUT2D eigenvalue weighted by atomic mass is 15.1. The fraction of sp³-hybridized carbons (Fsp3) is 0.0508. The maximum absolute atomic E-state index is 5.48. The van der Waals surface area contributed by atoms with Crippen molar-refractivity contribution in [1.29, 1.82) is 0 Å². The molecule has 0 radical (unpaired) electrons. The molecule has 62 heavy (non-hydrogen) atoms. The Balaban J connectivity index is 0.964. The van der Waals surface area contributed by atoms with E-state index in [1.807, 2.05) is 12.1 Å². The molecule has 0 unspecified atom stereocenters. The van der Waals surface area contributed by atoms with Crippen LogP contribution in [-0.2, 0) is 5.41 Å². The summed E-state index contributed by atoms with van der Waals surface area (Å²) < 4.78 is 0. The van der Waals surface area contributed by atoms with E-state index < -0.39 is 0 Å². The maximum atomic E-state index is 5.48. The monoisotopic (exact) mass is 791 g/mol. The van der Waals surface area contributed by atoms with Gasteiger partial charge in [0, 0.05) is 39.0 Å². The van der Waals surface area contributed by atoms with Crippen LogP contribution in [0.3, 0.4) is 0 Å². The number of anilines is 3. The van der Waals surface area contributed by atoms with Crippen molar-refractivity contribution in [3.63, 3.8) is 0 Å². The lowest BCUT2D eigenvalue weighted by molar-refractivity contribution is 0.660. The highest BCUT2D eigenvalue weighted by Gasteiger charge is 2.35. The van der Waals surface area contributed by atoms with Crippen molar-refractivity contribution < 1.29 is 0 Å². The molecular formula is C59H41N3. The molecule has 0 spiro atoms. The number of fused-ring (bicyclic) bond motifs is 9. The van der Waals surface area contributed by atoms with Crippen LogP contribution in [0, 0.1) is 0 Å². The van der Waals surface area contributed by atoms with Gasteiger partial charge in [-0.15, -0.1) is 0 Å². The van der Waals surface area contributed by atoms with Gasteiger partial charge in [-0.2, -0.15) is 0 Å². The standard InChI is InChI=1S/C59H41N3/c1-59(2)52-21-13-12-20-49(52)50-32-31-48(37-53(50)59)62(46-18-10-5-11-19-46)47-30-28-43-34-42(26-27-44(43)35-47)45-25-23-38-22-24-39-29-33-54-58(55(39)51(38)36-45)61-57(41-16-8-4-9-17-41)56(60-54)40-14-6-3-7-15-40/h3-37H,1-2H3. The van der Waals surface area contributed by atoms with Gasteiger partial charge in [0.15, 0.2) is 0 Å². The minimum atomic E-state index is -0.0867. The van der Waals surface area contributed by atoms with Gasteiger partial charge in [-0.05, 0) is 115 Å². The summed E-state index contributed by atoms with van der Waals surface area (Å²) in [6.07, 6.45) is 0. The van der Waals surface area contributed by atoms with E-state index in [0.717, 1.165) is 66.9 Å². The third kappa shape index (κ3) is 5.81. The zero-order valence-electron chi connectivity index (χ0n) is 34.5. The Morgan fingerprint density at radius 1 is 0.371 bits per heavy atom. The molecule has 1 aliphatic rings. The first-order chi connectivity index (χ1) is 30.5. The zero-order chi connectivity index (χ0) is 41.4. The molecule has 0 fully saturated rings. The number of para-hydroxylation sites is 1. The Bertz CT molecular complexity index is 3540. The van der Waals surface area contributed by atoms with Crippen LogP contribution in [0.25, 0.3) is 88.1 Å². The SMILES string of the molecule is CC1(C)c2ccccc2-c2ccc(N(c3ccccc3)c3ccc4cc(-c5ccc6ccc7ccc8nc(-c9ccccc9)c(-c9ccccc9)nc8c7c6c5)ccc4c3)cc21. The summed E-state index contributed by atoms with van der Waals surface area (Å²) >= 11 is 0. The topological polar surface area (TPSA) is 29.0 Å². The Morgan fingerprint density at radius 2 is 0.919 bits per heavy atom. The predicted molar refractivity (Wildman–Crippen MR) is 261 cm³/mol. The second-order valence-electron chi connectivity index (χ2n) is 17.0. The summed E-state index contributed by atoms with van der Waals surface area (Å²) in [5.41, 5.74) is 16.7. The lowest BCUT2D eigenvalue weighted by Gasteiger charge is -2.28. The number of hydrogen-bond acceptors (Lipinski definition) is 3. The van der Waals surface area contributed by atoms with Crippen LogP contribution < -0.4 is 4.90 Å². The third-order valence-electron chi connectivity index (χ3n) is 13.0. The molecule has 10 aromatic carbocycles. The van der Waals surface area contributed by atoms with E-state index in [1.165, 1.54) is 49.4 Å². The van der Waals surface area contributed by atoms with Crippen LogP contribution >= 0.6 is 0 Å². The molecule has 0 bridgehead atoms. The van der Waals surface area contributed by atoms with Gasteiger partial charge < -0.3 is 4.90 Å². The zero-order valence-corrected chi connectivity index (χ0v) is 34.5. The Kier molecular flexibility index (Phi) is 8.20. The van der Waals surface area contributed by atoms with E-state index in [2.05, 4.69) is 219 Å². The van der Waals surface area contributed by atoms with Crippen LogP contribution in [0.4, 0.5) is 17.1 Å². The molecule has 292 valence electrons. The van der Waals surface area contributed by atoms with Crippen LogP contribution in [0.15, 0.2) is 212 Å². The van der Waals surface area contributed by atoms with E-state index in [0.29, 0.717) is 0 Å². The van der Waals surface area contributed by atoms with E-state index >= 15 is 0 Å². The molecule has 12 rings (SSSR count). The summed E-state index contributed by atoms with van der Waals surface area (Å²) in [4.78, 5) is 13.2. The van der Waals surface area contributed by atoms with Gasteiger partial charge in [0.05, 0.1) is 22.4 Å². The first kappa shape index (κ1) is 36.0. The maximum Gasteiger partial charge on any atom is 0.0979 e. The number of hydrogen-bond donors (Lipinski definition) is 0. The Labute approximate surface area is 361 Å². The van der Waals surface area contributed by atoms with E-state index in [4.69, 9.17) is 9.97 Å². The quantitative estimate of drug-likeness (QED) is 0.157. The Hall–Kier alpha value is -7.88. The van der Waals surface area contributed by atoms with Crippen molar-refractivity contribution in [3.8, 4) is 44.8 Å². The predicted octanol–water partition coefficient (Wildman–Crippen LogP) is 15.9. The number of benzene rings is 10. The summed E-state index contributed by atoms with van der Waals surface area (Å²) in [6.45, 7) is 4.69. The molecule has 1 heterocycles. The van der Waals surface area contributed by atoms with Crippen molar-refractivity contribution >= 4 is 60.4 Å². The molecule has 0 aliphatic heterocycles. The minimum Gasteiger partial charge on any atom is -0.310 e. The van der Waals surface area contributed by atoms with Gasteiger partial charge >= 0.3 is 0 Å². The van der Waals surface area contributed by atoms with Crippen LogP contribution in [0.5, 0.6) is 0 Å². The summed E-state index contributed by atoms with van der Waals surface area (Å²) in [7, 11) is 0. The third-order valence-corrected chi connectivity index (χ3v) is 13.0. The van der Waals surface area contributed by atoms with Gasteiger partial charge in [-0.3, -0.25) is 0 Å². The van der Waals surface area contributed by atoms with Gasteiger partial charge in [-0.1, -0.05) is 172 Å². The van der Waals surface area contributed by atoms with Crippen molar-refractivity contribution in [2.75, 3.05) is 4.90 Å². The average molecular weight is 792 g/mol. The highest BCUT2D eigenvalue weighted by Crippen LogP contribution is 2.51. The van der Waals surface area contributed by atoms with E-state index in [-0.39, 0.29) is 5.41 Å². The highest BCUT2D eigenvalue weighted by molar-refractivity contribution is 6.19. The Morgan fingerprint density at radius 3 is 1.69 bits per heavy atom. The number of nitrogens with zero attached hydrogens (tertiary/aromatic N) is 3. The molecule has 0 atom stereocenters. The molecule has 1 aliphatic carbocycles. The minimum absolute atomic E-state index is 0.0867. The van der Waals surface area contributed by atoms with Crippen LogP contribution in [0.1, 0.15) is 25.0 Å². The molecular weight excluding hydrogens is 751 g/mol. The fourth-order valence-corrected chi connectivity index (χ4v) is 9.84. The molecule has 0 saturated carbocycles. The molecule has 11 aromatic rings. The first-order valence-electron chi connectivity index (χ1n) is 21.4. The first-order valence-corrected chi connectivity index (χ1v) is 21.4. The summed E-state index contributed by atoms with van der Waals surface area (Å²) in [6, 6.07) is 76.6. The van der Waals surface area contributed by atoms with Gasteiger partial charge in [-0.25, -0.2) is 9.97 Å². The molecule has 0 saturated heterocycles. The number of rotatable bonds is 6. The second-order valence-corrected chi connectivity index (χ2v) is 17.0. The molecule has 0 amide bonds. The smallest absolute Gasteiger partial charge is 0.0979 e. The van der Waals surface area contributed by atoms with Gasteiger partial charge in [0.1, 0.15) is 0 Å². The lowest BCUT2D eigenvalue weighted by atomic mass is 9.82. The molecule has 3 nitrogen and oxygen atoms in total. The largest absolute Gasteiger partial charge is 0.310 e. The summed E-state index contributed by atoms with van der Waals surface area (Å²) in [5.74, 6) is 0. The van der Waals surface area contributed by atoms with Crippen molar-refractivity contribution in [2.24, 2.45) is 0 Å². The van der Waals surface area contributed by atoms with Crippen LogP contribution in [-0.4, -0.2) is 9.97 Å². The van der Waals surface area contributed by atoms with Crippen molar-refractivity contribution in [3.05, 3.63) is 223 Å². The van der Waals surface area contributed by atoms with Crippen molar-refractivity contribution in [2.45, 2.75) is 19.3 Å². The number of aromatic nitrogens is 2. The van der Waals surface area contributed by atoms with E-state index in [1.54, 1.807) is 0 Å². The van der Waals surface area contributed by atoms with E-state index in [9.17, 15) is 0 Å². The lowest BCUT2D eigenvalue weighted by Crippen LogP contribution is -2.16.